The molecule has 2 aliphatic rings. The summed E-state index contributed by atoms with van der Waals surface area (Å²) in [6, 6.07) is 82.6. The van der Waals surface area contributed by atoms with Gasteiger partial charge < -0.3 is 9.80 Å². The van der Waals surface area contributed by atoms with Gasteiger partial charge in [-0.2, -0.15) is 0 Å². The highest BCUT2D eigenvalue weighted by Gasteiger charge is 2.47. The summed E-state index contributed by atoms with van der Waals surface area (Å²) in [4.78, 5) is 5.05. The molecule has 2 nitrogen and oxygen atoms in total. The van der Waals surface area contributed by atoms with Crippen LogP contribution in [0.4, 0.5) is 34.1 Å². The topological polar surface area (TPSA) is 6.48 Å². The molecule has 0 radical (unpaired) electrons. The van der Waals surface area contributed by atoms with Crippen LogP contribution in [0.3, 0.4) is 0 Å². The van der Waals surface area contributed by atoms with Gasteiger partial charge in [-0.25, -0.2) is 0 Å². The molecule has 0 spiro atoms. The maximum absolute atomic E-state index is 2.54. The normalized spacial score (nSPS) is 15.7. The fraction of sp³-hybridized carbons (Fsp3) is 0.171. The molecule has 13 rings (SSSR count). The third-order valence-electron chi connectivity index (χ3n) is 18.1. The number of hydrogen-bond donors (Lipinski definition) is 0. The highest BCUT2D eigenvalue weighted by atomic mass is 15.2. The molecule has 11 aromatic rings. The number of hydrogen-bond acceptors (Lipinski definition) is 2. The van der Waals surface area contributed by atoms with Crippen molar-refractivity contribution in [3.05, 3.63) is 241 Å². The van der Waals surface area contributed by atoms with E-state index >= 15 is 0 Å². The largest absolute Gasteiger partial charge is 0.310 e. The molecule has 0 fully saturated rings. The molecule has 0 N–H and O–H groups in total. The van der Waals surface area contributed by atoms with Crippen molar-refractivity contribution in [2.75, 3.05) is 9.80 Å². The van der Waals surface area contributed by atoms with E-state index < -0.39 is 0 Å². The van der Waals surface area contributed by atoms with Crippen molar-refractivity contribution < 1.29 is 0 Å². The van der Waals surface area contributed by atoms with Crippen LogP contribution in [0.1, 0.15) is 77.6 Å². The second kappa shape index (κ2) is 15.8. The first-order chi connectivity index (χ1) is 34.7. The highest BCUT2D eigenvalue weighted by Crippen LogP contribution is 2.57. The molecule has 0 saturated carbocycles. The van der Waals surface area contributed by atoms with Crippen LogP contribution in [-0.2, 0) is 21.7 Å². The fourth-order valence-corrected chi connectivity index (χ4v) is 12.7. The lowest BCUT2D eigenvalue weighted by atomic mass is 9.55. The quantitative estimate of drug-likeness (QED) is 0.153. The Kier molecular flexibility index (Phi) is 9.65. The van der Waals surface area contributed by atoms with E-state index in [1.165, 1.54) is 87.6 Å². The van der Waals surface area contributed by atoms with Gasteiger partial charge in [0.1, 0.15) is 0 Å². The molecule has 0 aliphatic heterocycles. The van der Waals surface area contributed by atoms with Crippen molar-refractivity contribution in [3.8, 4) is 22.3 Å². The molecular weight excluding hydrogens is 869 g/mol. The zero-order valence-corrected chi connectivity index (χ0v) is 42.7. The first-order valence-electron chi connectivity index (χ1n) is 25.7. The van der Waals surface area contributed by atoms with E-state index in [0.717, 1.165) is 34.1 Å². The average Bonchev–Trinajstić information content (AvgIpc) is 3.40. The molecular formula is C70H60N2. The number of anilines is 6. The standard InChI is InChI=1S/C70H60N2/c1-67(2)62-27-17-15-25-56(62)60-41-52(34-37-64(60)69(67,5)6)71(50-32-29-45-19-9-11-22-48(45)39-50)54-43-59-55-24-14-13-21-47(55)31-36-58(59)66(44-54)72(51-33-30-46-20-10-12-23-49(46)40-51)53-35-38-65-61(42-53)57-26-16-18-28-63(57)68(3,4)70(65,7)8/h9-44H,1-8H3. The molecule has 0 unspecified atom stereocenters. The minimum atomic E-state index is -0.116. The zero-order chi connectivity index (χ0) is 49.3. The van der Waals surface area contributed by atoms with E-state index in [-0.39, 0.29) is 21.7 Å². The second-order valence-corrected chi connectivity index (χ2v) is 22.6. The van der Waals surface area contributed by atoms with Crippen molar-refractivity contribution in [2.45, 2.75) is 77.0 Å². The molecule has 0 bridgehead atoms. The van der Waals surface area contributed by atoms with Gasteiger partial charge in [0.2, 0.25) is 0 Å². The predicted molar refractivity (Wildman–Crippen MR) is 309 cm³/mol. The summed E-state index contributed by atoms with van der Waals surface area (Å²) in [5.74, 6) is 0. The van der Waals surface area contributed by atoms with Gasteiger partial charge >= 0.3 is 0 Å². The van der Waals surface area contributed by atoms with Gasteiger partial charge in [-0.15, -0.1) is 0 Å². The Hall–Kier alpha value is -7.94. The van der Waals surface area contributed by atoms with E-state index in [0.29, 0.717) is 0 Å². The van der Waals surface area contributed by atoms with E-state index in [1.54, 1.807) is 0 Å². The van der Waals surface area contributed by atoms with Gasteiger partial charge in [0.25, 0.3) is 0 Å². The smallest absolute Gasteiger partial charge is 0.0561 e. The summed E-state index contributed by atoms with van der Waals surface area (Å²) >= 11 is 0. The molecule has 2 heteroatoms. The van der Waals surface area contributed by atoms with Crippen molar-refractivity contribution >= 4 is 77.2 Å². The maximum atomic E-state index is 2.54. The Morgan fingerprint density at radius 1 is 0.236 bits per heavy atom. The minimum absolute atomic E-state index is 0.0681. The van der Waals surface area contributed by atoms with Gasteiger partial charge in [-0.3, -0.25) is 0 Å². The van der Waals surface area contributed by atoms with Crippen LogP contribution < -0.4 is 9.80 Å². The average molecular weight is 929 g/mol. The van der Waals surface area contributed by atoms with Gasteiger partial charge in [0, 0.05) is 33.8 Å². The van der Waals surface area contributed by atoms with Crippen molar-refractivity contribution in [1.29, 1.82) is 0 Å². The number of nitrogens with zero attached hydrogens (tertiary/aromatic N) is 2. The van der Waals surface area contributed by atoms with E-state index in [2.05, 4.69) is 284 Å². The molecule has 0 heterocycles. The minimum Gasteiger partial charge on any atom is -0.310 e. The van der Waals surface area contributed by atoms with Crippen LogP contribution in [0.15, 0.2) is 218 Å². The first-order valence-corrected chi connectivity index (χ1v) is 25.7. The molecule has 0 atom stereocenters. The SMILES string of the molecule is CC1(C)c2ccccc2-c2cc(N(c3ccc4ccccc4c3)c3cc(N(c4ccc5c(c4)-c4ccccc4C(C)(C)C5(C)C)c4ccc5ccccc5c4)c4ccc5ccccc5c4c3)ccc2C1(C)C. The number of benzene rings is 11. The Morgan fingerprint density at radius 2 is 0.625 bits per heavy atom. The maximum Gasteiger partial charge on any atom is 0.0561 e. The Balaban J connectivity index is 1.12. The van der Waals surface area contributed by atoms with E-state index in [1.807, 2.05) is 0 Å². The monoisotopic (exact) mass is 928 g/mol. The molecule has 0 amide bonds. The van der Waals surface area contributed by atoms with E-state index in [9.17, 15) is 0 Å². The van der Waals surface area contributed by atoms with E-state index in [4.69, 9.17) is 0 Å². The third kappa shape index (κ3) is 6.41. The molecule has 350 valence electrons. The second-order valence-electron chi connectivity index (χ2n) is 22.6. The summed E-state index contributed by atoms with van der Waals surface area (Å²) in [7, 11) is 0. The van der Waals surface area contributed by atoms with Crippen molar-refractivity contribution in [3.63, 3.8) is 0 Å². The van der Waals surface area contributed by atoms with Crippen LogP contribution in [0.25, 0.3) is 65.3 Å². The summed E-state index contributed by atoms with van der Waals surface area (Å²) < 4.78 is 0. The highest BCUT2D eigenvalue weighted by molar-refractivity contribution is 6.15. The molecule has 0 aromatic heterocycles. The Bertz CT molecular complexity index is 4020. The van der Waals surface area contributed by atoms with Gasteiger partial charge in [-0.05, 0) is 165 Å². The molecule has 11 aromatic carbocycles. The fourth-order valence-electron chi connectivity index (χ4n) is 12.7. The lowest BCUT2D eigenvalue weighted by molar-refractivity contribution is 0.299. The van der Waals surface area contributed by atoms with Crippen LogP contribution in [0, 0.1) is 0 Å². The molecule has 72 heavy (non-hydrogen) atoms. The first kappa shape index (κ1) is 44.0. The van der Waals surface area contributed by atoms with Crippen LogP contribution >= 0.6 is 0 Å². The van der Waals surface area contributed by atoms with Crippen molar-refractivity contribution in [2.24, 2.45) is 0 Å². The third-order valence-corrected chi connectivity index (χ3v) is 18.1. The van der Waals surface area contributed by atoms with Gasteiger partial charge in [-0.1, -0.05) is 213 Å². The van der Waals surface area contributed by atoms with Gasteiger partial charge in [0.05, 0.1) is 5.69 Å². The Labute approximate surface area is 424 Å². The summed E-state index contributed by atoms with van der Waals surface area (Å²) in [6.45, 7) is 19.3. The molecule has 0 saturated heterocycles. The van der Waals surface area contributed by atoms with Crippen molar-refractivity contribution in [1.82, 2.24) is 0 Å². The Morgan fingerprint density at radius 3 is 1.17 bits per heavy atom. The predicted octanol–water partition coefficient (Wildman–Crippen LogP) is 19.7. The summed E-state index contributed by atoms with van der Waals surface area (Å²) in [6.07, 6.45) is 0. The lowest BCUT2D eigenvalue weighted by Crippen LogP contribution is -2.43. The van der Waals surface area contributed by atoms with Crippen LogP contribution in [0.2, 0.25) is 0 Å². The lowest BCUT2D eigenvalue weighted by Gasteiger charge is -2.48. The zero-order valence-electron chi connectivity index (χ0n) is 42.7. The van der Waals surface area contributed by atoms with Crippen LogP contribution in [0.5, 0.6) is 0 Å². The number of rotatable bonds is 6. The van der Waals surface area contributed by atoms with Crippen LogP contribution in [-0.4, -0.2) is 0 Å². The van der Waals surface area contributed by atoms with Gasteiger partial charge in [0.15, 0.2) is 0 Å². The number of fused-ring (bicyclic) bond motifs is 11. The summed E-state index contributed by atoms with van der Waals surface area (Å²) in [5, 5.41) is 9.68. The molecule has 2 aliphatic carbocycles. The summed E-state index contributed by atoms with van der Waals surface area (Å²) in [5.41, 5.74) is 17.0.